The Hall–Kier alpha value is -3.40. The number of urea groups is 1. The molecule has 29 heavy (non-hydrogen) atoms. The fourth-order valence-corrected chi connectivity index (χ4v) is 3.57. The van der Waals surface area contributed by atoms with Crippen LogP contribution in [0.15, 0.2) is 23.3 Å². The molecule has 1 aromatic heterocycles. The summed E-state index contributed by atoms with van der Waals surface area (Å²) in [4.78, 5) is 36.6. The minimum Gasteiger partial charge on any atom is -0.504 e. The van der Waals surface area contributed by atoms with Gasteiger partial charge < -0.3 is 14.6 Å². The van der Waals surface area contributed by atoms with E-state index in [0.29, 0.717) is 16.0 Å². The number of esters is 1. The summed E-state index contributed by atoms with van der Waals surface area (Å²) in [6.45, 7) is 4.81. The van der Waals surface area contributed by atoms with Crippen LogP contribution < -0.4 is 15.5 Å². The van der Waals surface area contributed by atoms with Crippen molar-refractivity contribution in [3.8, 4) is 11.5 Å². The first-order valence-electron chi connectivity index (χ1n) is 8.57. The number of Topliss-reactive ketones (excluding diaryl/α,β-unsaturated/α-hetero) is 1. The molecule has 2 aromatic rings. The molecule has 0 aliphatic heterocycles. The number of para-hydroxylation sites is 1. The molecule has 0 aliphatic carbocycles. The molecule has 10 heteroatoms. The molecular weight excluding hydrogens is 398 g/mol. The summed E-state index contributed by atoms with van der Waals surface area (Å²) < 4.78 is 10.0. The summed E-state index contributed by atoms with van der Waals surface area (Å²) in [7, 11) is 1.42. The predicted octanol–water partition coefficient (Wildman–Crippen LogP) is 3.31. The van der Waals surface area contributed by atoms with Gasteiger partial charge in [-0.2, -0.15) is 5.10 Å². The van der Waals surface area contributed by atoms with Crippen LogP contribution in [0, 0.1) is 6.92 Å². The number of ether oxygens (including phenoxy) is 2. The van der Waals surface area contributed by atoms with Crippen molar-refractivity contribution in [1.29, 1.82) is 0 Å². The molecule has 0 spiro atoms. The van der Waals surface area contributed by atoms with E-state index in [1.807, 2.05) is 0 Å². The summed E-state index contributed by atoms with van der Waals surface area (Å²) in [6, 6.07) is 4.09. The van der Waals surface area contributed by atoms with Gasteiger partial charge in [-0.25, -0.2) is 15.0 Å². The maximum atomic E-state index is 12.2. The lowest BCUT2D eigenvalue weighted by molar-refractivity contribution is 0.0527. The first kappa shape index (κ1) is 21.9. The van der Waals surface area contributed by atoms with E-state index in [1.54, 1.807) is 32.0 Å². The number of carbonyl (C=O) groups excluding carboxylic acids is 3. The Morgan fingerprint density at radius 2 is 2.03 bits per heavy atom. The van der Waals surface area contributed by atoms with Crippen molar-refractivity contribution < 1.29 is 29.0 Å². The van der Waals surface area contributed by atoms with Crippen LogP contribution in [0.5, 0.6) is 11.5 Å². The summed E-state index contributed by atoms with van der Waals surface area (Å²) in [5.74, 6) is -0.708. The number of phenolic OH excluding ortho intramolecular Hbond substituents is 1. The smallest absolute Gasteiger partial charge is 0.341 e. The largest absolute Gasteiger partial charge is 0.504 e. The molecule has 0 atom stereocenters. The Morgan fingerprint density at radius 1 is 1.31 bits per heavy atom. The van der Waals surface area contributed by atoms with Gasteiger partial charge in [-0.3, -0.25) is 10.1 Å². The standard InChI is InChI=1S/C19H21N3O6S/c1-5-28-18(25)14-10(2)16(11(3)23)29-17(14)21-19(26)22-20-9-12-7-6-8-13(27-4)15(12)24/h6-9,24H,5H2,1-4H3,(H2,21,22,26)/b20-9-. The van der Waals surface area contributed by atoms with E-state index in [2.05, 4.69) is 15.8 Å². The third-order valence-electron chi connectivity index (χ3n) is 3.79. The second-order valence-electron chi connectivity index (χ2n) is 5.76. The quantitative estimate of drug-likeness (QED) is 0.274. The minimum atomic E-state index is -0.731. The number of amides is 2. The minimum absolute atomic E-state index is 0.120. The number of hydrogen-bond acceptors (Lipinski definition) is 8. The molecule has 0 radical (unpaired) electrons. The molecular formula is C19H21N3O6S. The zero-order valence-corrected chi connectivity index (χ0v) is 17.2. The molecule has 0 bridgehead atoms. The van der Waals surface area contributed by atoms with Gasteiger partial charge in [0.05, 0.1) is 30.4 Å². The van der Waals surface area contributed by atoms with Gasteiger partial charge in [-0.05, 0) is 38.5 Å². The molecule has 1 aromatic carbocycles. The highest BCUT2D eigenvalue weighted by Gasteiger charge is 2.25. The van der Waals surface area contributed by atoms with Gasteiger partial charge in [0.15, 0.2) is 17.3 Å². The molecule has 2 amide bonds. The van der Waals surface area contributed by atoms with Crippen molar-refractivity contribution in [3.05, 3.63) is 39.8 Å². The van der Waals surface area contributed by atoms with Crippen LogP contribution in [0.1, 0.15) is 45.0 Å². The van der Waals surface area contributed by atoms with E-state index in [9.17, 15) is 19.5 Å². The van der Waals surface area contributed by atoms with Gasteiger partial charge in [0, 0.05) is 5.56 Å². The molecule has 9 nitrogen and oxygen atoms in total. The molecule has 2 rings (SSSR count). The fourth-order valence-electron chi connectivity index (χ4n) is 2.49. The lowest BCUT2D eigenvalue weighted by Gasteiger charge is -2.07. The predicted molar refractivity (Wildman–Crippen MR) is 109 cm³/mol. The van der Waals surface area contributed by atoms with Crippen molar-refractivity contribution in [2.45, 2.75) is 20.8 Å². The molecule has 3 N–H and O–H groups in total. The number of aromatic hydroxyl groups is 1. The third kappa shape index (κ3) is 5.11. The van der Waals surface area contributed by atoms with Crippen molar-refractivity contribution >= 4 is 40.3 Å². The van der Waals surface area contributed by atoms with Gasteiger partial charge in [-0.1, -0.05) is 6.07 Å². The Kier molecular flexibility index (Phi) is 7.32. The van der Waals surface area contributed by atoms with Crippen molar-refractivity contribution in [2.24, 2.45) is 5.10 Å². The zero-order valence-electron chi connectivity index (χ0n) is 16.4. The van der Waals surface area contributed by atoms with E-state index >= 15 is 0 Å². The number of ketones is 1. The normalized spacial score (nSPS) is 10.6. The Bertz CT molecular complexity index is 967. The second kappa shape index (κ2) is 9.69. The van der Waals surface area contributed by atoms with E-state index in [0.717, 1.165) is 11.3 Å². The molecule has 0 saturated carbocycles. The number of phenols is 1. The zero-order chi connectivity index (χ0) is 21.6. The third-order valence-corrected chi connectivity index (χ3v) is 5.10. The molecule has 0 unspecified atom stereocenters. The first-order valence-corrected chi connectivity index (χ1v) is 9.39. The highest BCUT2D eigenvalue weighted by atomic mass is 32.1. The van der Waals surface area contributed by atoms with Gasteiger partial charge in [-0.15, -0.1) is 11.3 Å². The average Bonchev–Trinajstić information content (AvgIpc) is 2.99. The van der Waals surface area contributed by atoms with Crippen molar-refractivity contribution in [2.75, 3.05) is 19.0 Å². The summed E-state index contributed by atoms with van der Waals surface area (Å²) in [5.41, 5.74) is 3.15. The molecule has 1 heterocycles. The van der Waals surface area contributed by atoms with Crippen LogP contribution in [-0.4, -0.2) is 42.8 Å². The first-order chi connectivity index (χ1) is 13.8. The number of hydrazone groups is 1. The molecule has 154 valence electrons. The lowest BCUT2D eigenvalue weighted by Crippen LogP contribution is -2.24. The van der Waals surface area contributed by atoms with Gasteiger partial charge in [0.25, 0.3) is 0 Å². The number of thiophene rings is 1. The van der Waals surface area contributed by atoms with Crippen molar-refractivity contribution in [3.63, 3.8) is 0 Å². The van der Waals surface area contributed by atoms with Gasteiger partial charge in [0.1, 0.15) is 5.00 Å². The number of anilines is 1. The second-order valence-corrected chi connectivity index (χ2v) is 6.78. The monoisotopic (exact) mass is 419 g/mol. The highest BCUT2D eigenvalue weighted by Crippen LogP contribution is 2.34. The van der Waals surface area contributed by atoms with Crippen molar-refractivity contribution in [1.82, 2.24) is 5.43 Å². The van der Waals surface area contributed by atoms with Crippen LogP contribution in [0.25, 0.3) is 0 Å². The van der Waals surface area contributed by atoms with E-state index in [4.69, 9.17) is 9.47 Å². The Morgan fingerprint density at radius 3 is 2.66 bits per heavy atom. The van der Waals surface area contributed by atoms with Crippen LogP contribution in [-0.2, 0) is 4.74 Å². The number of rotatable bonds is 7. The SMILES string of the molecule is CCOC(=O)c1c(NC(=O)N/N=C\c2cccc(OC)c2O)sc(C(C)=O)c1C. The molecule has 0 fully saturated rings. The number of hydrogen-bond donors (Lipinski definition) is 3. The topological polar surface area (TPSA) is 126 Å². The molecule has 0 saturated heterocycles. The van der Waals surface area contributed by atoms with Gasteiger partial charge >= 0.3 is 12.0 Å². The lowest BCUT2D eigenvalue weighted by atomic mass is 10.1. The number of carbonyl (C=O) groups is 3. The van der Waals surface area contributed by atoms with E-state index in [-0.39, 0.29) is 34.5 Å². The number of nitrogens with zero attached hydrogens (tertiary/aromatic N) is 1. The van der Waals surface area contributed by atoms with Crippen LogP contribution in [0.3, 0.4) is 0 Å². The summed E-state index contributed by atoms with van der Waals surface area (Å²) in [5, 5.41) is 16.5. The van der Waals surface area contributed by atoms with Crippen LogP contribution in [0.4, 0.5) is 9.80 Å². The average molecular weight is 419 g/mol. The maximum absolute atomic E-state index is 12.2. The molecule has 0 aliphatic rings. The van der Waals surface area contributed by atoms with Crippen LogP contribution in [0.2, 0.25) is 0 Å². The van der Waals surface area contributed by atoms with Gasteiger partial charge in [0.2, 0.25) is 0 Å². The Balaban J connectivity index is 2.17. The fraction of sp³-hybridized carbons (Fsp3) is 0.263. The van der Waals surface area contributed by atoms with E-state index < -0.39 is 12.0 Å². The number of methoxy groups -OCH3 is 1. The summed E-state index contributed by atoms with van der Waals surface area (Å²) >= 11 is 0.983. The Labute approximate surface area is 171 Å². The maximum Gasteiger partial charge on any atom is 0.341 e. The number of nitrogens with one attached hydrogen (secondary N) is 2. The summed E-state index contributed by atoms with van der Waals surface area (Å²) in [6.07, 6.45) is 1.24. The van der Waals surface area contributed by atoms with Crippen LogP contribution >= 0.6 is 11.3 Å². The van der Waals surface area contributed by atoms with E-state index in [1.165, 1.54) is 20.2 Å². The highest BCUT2D eigenvalue weighted by molar-refractivity contribution is 7.18. The number of benzene rings is 1.